The van der Waals surface area contributed by atoms with Crippen LogP contribution in [0.2, 0.25) is 0 Å². The van der Waals surface area contributed by atoms with E-state index >= 15 is 0 Å². The molecule has 0 fully saturated rings. The lowest BCUT2D eigenvalue weighted by atomic mass is 10.0. The highest BCUT2D eigenvalue weighted by molar-refractivity contribution is 7.91. The number of benzene rings is 3. The number of methoxy groups -OCH3 is 4. The molecule has 10 heteroatoms. The summed E-state index contributed by atoms with van der Waals surface area (Å²) in [5.74, 6) is 0.284. The van der Waals surface area contributed by atoms with Crippen molar-refractivity contribution in [2.45, 2.75) is 37.7 Å². The molecule has 0 radical (unpaired) electrons. The minimum Gasteiger partial charge on any atom is -0.493 e. The largest absolute Gasteiger partial charge is 0.493 e. The standard InChI is InChI=1S/C30H34O9S/c1-6-14-40(33,34)28-18-22(17-27(37-4)30(28)39-19-20-10-8-7-9-11-20)24(32)13-12-23(31)21-15-25(35-2)29(38-5)26(16-21)36-3/h7-11,15-18H,6,12-14,19H2,1-5H3. The summed E-state index contributed by atoms with van der Waals surface area (Å²) >= 11 is 0. The van der Waals surface area contributed by atoms with Gasteiger partial charge in [0.05, 0.1) is 34.2 Å². The Bertz CT molecular complexity index is 1420. The van der Waals surface area contributed by atoms with Gasteiger partial charge >= 0.3 is 0 Å². The molecule has 0 aliphatic carbocycles. The number of sulfone groups is 1. The van der Waals surface area contributed by atoms with Crippen LogP contribution < -0.4 is 23.7 Å². The van der Waals surface area contributed by atoms with Crippen molar-refractivity contribution in [2.75, 3.05) is 34.2 Å². The lowest BCUT2D eigenvalue weighted by Crippen LogP contribution is -2.12. The van der Waals surface area contributed by atoms with E-state index in [-0.39, 0.29) is 58.5 Å². The Hall–Kier alpha value is -4.05. The van der Waals surface area contributed by atoms with Crippen LogP contribution in [0.4, 0.5) is 0 Å². The van der Waals surface area contributed by atoms with Crippen LogP contribution in [0.3, 0.4) is 0 Å². The van der Waals surface area contributed by atoms with Crippen LogP contribution in [0.5, 0.6) is 28.7 Å². The normalized spacial score (nSPS) is 11.0. The highest BCUT2D eigenvalue weighted by atomic mass is 32.2. The van der Waals surface area contributed by atoms with Gasteiger partial charge in [0.1, 0.15) is 11.5 Å². The smallest absolute Gasteiger partial charge is 0.203 e. The van der Waals surface area contributed by atoms with Crippen LogP contribution in [-0.2, 0) is 16.4 Å². The first-order chi connectivity index (χ1) is 19.2. The molecule has 9 nitrogen and oxygen atoms in total. The second kappa shape index (κ2) is 13.8. The van der Waals surface area contributed by atoms with Crippen molar-refractivity contribution in [3.63, 3.8) is 0 Å². The first kappa shape index (κ1) is 30.5. The first-order valence-electron chi connectivity index (χ1n) is 12.7. The van der Waals surface area contributed by atoms with Crippen LogP contribution in [0.15, 0.2) is 59.5 Å². The second-order valence-electron chi connectivity index (χ2n) is 8.86. The van der Waals surface area contributed by atoms with Gasteiger partial charge in [-0.3, -0.25) is 9.59 Å². The van der Waals surface area contributed by atoms with Gasteiger partial charge in [0.25, 0.3) is 0 Å². The maximum Gasteiger partial charge on any atom is 0.203 e. The fourth-order valence-electron chi connectivity index (χ4n) is 4.13. The molecule has 0 heterocycles. The van der Waals surface area contributed by atoms with E-state index in [0.717, 1.165) is 5.56 Å². The van der Waals surface area contributed by atoms with E-state index in [9.17, 15) is 18.0 Å². The van der Waals surface area contributed by atoms with Gasteiger partial charge in [0, 0.05) is 24.0 Å². The van der Waals surface area contributed by atoms with Crippen molar-refractivity contribution in [3.05, 3.63) is 71.3 Å². The zero-order valence-corrected chi connectivity index (χ0v) is 24.1. The summed E-state index contributed by atoms with van der Waals surface area (Å²) in [7, 11) is 1.93. The molecule has 0 aromatic heterocycles. The monoisotopic (exact) mass is 570 g/mol. The summed E-state index contributed by atoms with van der Waals surface area (Å²) < 4.78 is 53.7. The fourth-order valence-corrected chi connectivity index (χ4v) is 5.63. The van der Waals surface area contributed by atoms with Crippen molar-refractivity contribution >= 4 is 21.4 Å². The van der Waals surface area contributed by atoms with Crippen LogP contribution in [-0.4, -0.2) is 54.2 Å². The number of carbonyl (C=O) groups is 2. The Morgan fingerprint density at radius 1 is 0.700 bits per heavy atom. The molecule has 3 aromatic carbocycles. The van der Waals surface area contributed by atoms with Crippen LogP contribution in [0.1, 0.15) is 52.5 Å². The SMILES string of the molecule is CCCS(=O)(=O)c1cc(C(=O)CCC(=O)c2cc(OC)c(OC)c(OC)c2)cc(OC)c1OCc1ccccc1. The molecule has 0 amide bonds. The molecule has 40 heavy (non-hydrogen) atoms. The number of hydrogen-bond acceptors (Lipinski definition) is 9. The molecule has 0 unspecified atom stereocenters. The predicted octanol–water partition coefficient (Wildman–Crippen LogP) is 5.33. The molecule has 0 N–H and O–H groups in total. The Morgan fingerprint density at radius 2 is 1.20 bits per heavy atom. The van der Waals surface area contributed by atoms with E-state index in [0.29, 0.717) is 23.7 Å². The van der Waals surface area contributed by atoms with Crippen LogP contribution in [0, 0.1) is 0 Å². The molecule has 3 rings (SSSR count). The van der Waals surface area contributed by atoms with E-state index in [2.05, 4.69) is 0 Å². The molecule has 0 aliphatic heterocycles. The Morgan fingerprint density at radius 3 is 1.68 bits per heavy atom. The highest BCUT2D eigenvalue weighted by Crippen LogP contribution is 2.39. The number of Topliss-reactive ketones (excluding diaryl/α,β-unsaturated/α-hetero) is 2. The molecule has 214 valence electrons. The maximum atomic E-state index is 13.2. The van der Waals surface area contributed by atoms with Gasteiger partial charge in [-0.25, -0.2) is 8.42 Å². The summed E-state index contributed by atoms with van der Waals surface area (Å²) in [4.78, 5) is 26.1. The van der Waals surface area contributed by atoms with Gasteiger partial charge in [0.2, 0.25) is 5.75 Å². The molecule has 0 spiro atoms. The Labute approximate surface area is 234 Å². The van der Waals surface area contributed by atoms with Crippen LogP contribution >= 0.6 is 0 Å². The first-order valence-corrected chi connectivity index (χ1v) is 14.3. The number of carbonyl (C=O) groups excluding carboxylic acids is 2. The summed E-state index contributed by atoms with van der Waals surface area (Å²) in [5.41, 5.74) is 1.24. The topological polar surface area (TPSA) is 114 Å². The molecule has 0 saturated heterocycles. The maximum absolute atomic E-state index is 13.2. The van der Waals surface area contributed by atoms with Crippen molar-refractivity contribution in [1.82, 2.24) is 0 Å². The molecule has 0 atom stereocenters. The zero-order valence-electron chi connectivity index (χ0n) is 23.3. The van der Waals surface area contributed by atoms with Crippen LogP contribution in [0.25, 0.3) is 0 Å². The predicted molar refractivity (Wildman–Crippen MR) is 150 cm³/mol. The quantitative estimate of drug-likeness (QED) is 0.224. The minimum absolute atomic E-state index is 0.0462. The van der Waals surface area contributed by atoms with Gasteiger partial charge in [0.15, 0.2) is 44.4 Å². The zero-order chi connectivity index (χ0) is 29.3. The summed E-state index contributed by atoms with van der Waals surface area (Å²) in [6, 6.07) is 15.1. The van der Waals surface area contributed by atoms with E-state index in [1.165, 1.54) is 52.7 Å². The fraction of sp³-hybridized carbons (Fsp3) is 0.333. The molecule has 0 bridgehead atoms. The van der Waals surface area contributed by atoms with E-state index < -0.39 is 15.6 Å². The Balaban J connectivity index is 1.90. The van der Waals surface area contributed by atoms with E-state index in [1.54, 1.807) is 6.92 Å². The Kier molecular flexibility index (Phi) is 10.6. The highest BCUT2D eigenvalue weighted by Gasteiger charge is 2.26. The van der Waals surface area contributed by atoms with Gasteiger partial charge < -0.3 is 23.7 Å². The summed E-state index contributed by atoms with van der Waals surface area (Å²) in [6.07, 6.45) is 0.101. The van der Waals surface area contributed by atoms with Gasteiger partial charge in [-0.2, -0.15) is 0 Å². The van der Waals surface area contributed by atoms with Crippen molar-refractivity contribution in [1.29, 1.82) is 0 Å². The lowest BCUT2D eigenvalue weighted by molar-refractivity contribution is 0.0916. The van der Waals surface area contributed by atoms with Crippen molar-refractivity contribution in [2.24, 2.45) is 0 Å². The van der Waals surface area contributed by atoms with Crippen molar-refractivity contribution in [3.8, 4) is 28.7 Å². The number of rotatable bonds is 15. The molecular weight excluding hydrogens is 536 g/mol. The van der Waals surface area contributed by atoms with Gasteiger partial charge in [-0.1, -0.05) is 37.3 Å². The third-order valence-electron chi connectivity index (χ3n) is 6.16. The minimum atomic E-state index is -3.79. The summed E-state index contributed by atoms with van der Waals surface area (Å²) in [6.45, 7) is 1.87. The van der Waals surface area contributed by atoms with Crippen molar-refractivity contribution < 1.29 is 41.7 Å². The number of hydrogen-bond donors (Lipinski definition) is 0. The van der Waals surface area contributed by atoms with E-state index in [4.69, 9.17) is 23.7 Å². The lowest BCUT2D eigenvalue weighted by Gasteiger charge is -2.17. The third kappa shape index (κ3) is 7.12. The second-order valence-corrected chi connectivity index (χ2v) is 10.9. The molecular formula is C30H34O9S. The average Bonchev–Trinajstić information content (AvgIpc) is 2.97. The van der Waals surface area contributed by atoms with E-state index in [1.807, 2.05) is 30.3 Å². The molecule has 0 aliphatic rings. The molecule has 0 saturated carbocycles. The van der Waals surface area contributed by atoms with Gasteiger partial charge in [-0.05, 0) is 36.2 Å². The number of ether oxygens (including phenoxy) is 5. The third-order valence-corrected chi connectivity index (χ3v) is 8.08. The molecule has 3 aromatic rings. The summed E-state index contributed by atoms with van der Waals surface area (Å²) in [5, 5.41) is 0. The van der Waals surface area contributed by atoms with Gasteiger partial charge in [-0.15, -0.1) is 0 Å². The number of ketones is 2. The average molecular weight is 571 g/mol.